The van der Waals surface area contributed by atoms with Gasteiger partial charge in [0.25, 0.3) is 0 Å². The van der Waals surface area contributed by atoms with Crippen molar-refractivity contribution in [1.29, 1.82) is 0 Å². The van der Waals surface area contributed by atoms with Crippen LogP contribution in [0.5, 0.6) is 0 Å². The Morgan fingerprint density at radius 1 is 1.50 bits per heavy atom. The van der Waals surface area contributed by atoms with E-state index in [0.29, 0.717) is 11.5 Å². The summed E-state index contributed by atoms with van der Waals surface area (Å²) < 4.78 is 5.24. The van der Waals surface area contributed by atoms with Gasteiger partial charge in [0, 0.05) is 20.2 Å². The molecule has 1 saturated heterocycles. The van der Waals surface area contributed by atoms with Gasteiger partial charge >= 0.3 is 0 Å². The average molecular weight is 228 g/mol. The molecule has 0 radical (unpaired) electrons. The van der Waals surface area contributed by atoms with Gasteiger partial charge in [-0.1, -0.05) is 13.8 Å². The Bertz CT molecular complexity index is 188. The third kappa shape index (κ3) is 4.40. The molecule has 3 nitrogen and oxygen atoms in total. The number of rotatable bonds is 6. The quantitative estimate of drug-likeness (QED) is 0.725. The first-order chi connectivity index (χ1) is 7.56. The lowest BCUT2D eigenvalue weighted by atomic mass is 9.75. The topological polar surface area (TPSA) is 33.3 Å². The summed E-state index contributed by atoms with van der Waals surface area (Å²) in [6.45, 7) is 11.2. The Labute approximate surface area is 100 Å². The first-order valence-corrected chi connectivity index (χ1v) is 6.50. The fourth-order valence-electron chi connectivity index (χ4n) is 2.34. The molecule has 0 saturated carbocycles. The van der Waals surface area contributed by atoms with Gasteiger partial charge in [0.05, 0.1) is 6.10 Å². The van der Waals surface area contributed by atoms with Gasteiger partial charge in [-0.2, -0.15) is 0 Å². The summed E-state index contributed by atoms with van der Waals surface area (Å²) in [5, 5.41) is 7.02. The van der Waals surface area contributed by atoms with E-state index in [0.717, 1.165) is 19.0 Å². The van der Waals surface area contributed by atoms with Crippen LogP contribution in [0.3, 0.4) is 0 Å². The summed E-state index contributed by atoms with van der Waals surface area (Å²) in [6.07, 6.45) is 2.99. The van der Waals surface area contributed by atoms with Crippen LogP contribution < -0.4 is 10.6 Å². The molecule has 16 heavy (non-hydrogen) atoms. The van der Waals surface area contributed by atoms with Crippen LogP contribution in [0.2, 0.25) is 0 Å². The summed E-state index contributed by atoms with van der Waals surface area (Å²) in [6, 6.07) is 0. The van der Waals surface area contributed by atoms with Crippen LogP contribution in [0.15, 0.2) is 0 Å². The van der Waals surface area contributed by atoms with E-state index in [1.165, 1.54) is 25.9 Å². The summed E-state index contributed by atoms with van der Waals surface area (Å²) in [7, 11) is 1.77. The van der Waals surface area contributed by atoms with E-state index in [2.05, 4.69) is 31.4 Å². The molecule has 2 unspecified atom stereocenters. The van der Waals surface area contributed by atoms with Crippen LogP contribution >= 0.6 is 0 Å². The minimum atomic E-state index is 0.306. The third-order valence-corrected chi connectivity index (χ3v) is 3.82. The lowest BCUT2D eigenvalue weighted by Gasteiger charge is -2.37. The van der Waals surface area contributed by atoms with Gasteiger partial charge in [-0.05, 0) is 44.2 Å². The minimum Gasteiger partial charge on any atom is -0.380 e. The van der Waals surface area contributed by atoms with E-state index in [4.69, 9.17) is 4.74 Å². The second kappa shape index (κ2) is 6.58. The Morgan fingerprint density at radius 3 is 2.81 bits per heavy atom. The summed E-state index contributed by atoms with van der Waals surface area (Å²) in [5.41, 5.74) is 0.376. The molecule has 2 N–H and O–H groups in total. The van der Waals surface area contributed by atoms with Crippen molar-refractivity contribution < 1.29 is 4.74 Å². The lowest BCUT2D eigenvalue weighted by molar-refractivity contribution is 0.107. The van der Waals surface area contributed by atoms with Gasteiger partial charge < -0.3 is 15.4 Å². The van der Waals surface area contributed by atoms with Gasteiger partial charge in [0.15, 0.2) is 0 Å². The predicted molar refractivity (Wildman–Crippen MR) is 68.7 cm³/mol. The first-order valence-electron chi connectivity index (χ1n) is 6.50. The number of hydrogen-bond donors (Lipinski definition) is 2. The van der Waals surface area contributed by atoms with Crippen molar-refractivity contribution >= 4 is 0 Å². The molecule has 0 spiro atoms. The highest BCUT2D eigenvalue weighted by molar-refractivity contribution is 4.84. The molecule has 0 aromatic rings. The van der Waals surface area contributed by atoms with Crippen LogP contribution in [0.1, 0.15) is 33.6 Å². The molecular weight excluding hydrogens is 200 g/mol. The van der Waals surface area contributed by atoms with Gasteiger partial charge in [0.1, 0.15) is 0 Å². The normalized spacial score (nSPS) is 24.4. The SMILES string of the molecule is COC(C)CNCC(C)(C)C1CCCNC1. The molecule has 1 heterocycles. The highest BCUT2D eigenvalue weighted by atomic mass is 16.5. The molecule has 1 fully saturated rings. The second-order valence-electron chi connectivity index (χ2n) is 5.71. The van der Waals surface area contributed by atoms with Crippen LogP contribution in [-0.4, -0.2) is 39.4 Å². The standard InChI is InChI=1S/C13H28N2O/c1-11(16-4)8-15-10-13(2,3)12-6-5-7-14-9-12/h11-12,14-15H,5-10H2,1-4H3. The maximum atomic E-state index is 5.24. The zero-order valence-electron chi connectivity index (χ0n) is 11.3. The Balaban J connectivity index is 2.26. The molecule has 0 aliphatic carbocycles. The van der Waals surface area contributed by atoms with E-state index >= 15 is 0 Å². The molecule has 0 amide bonds. The maximum Gasteiger partial charge on any atom is 0.0667 e. The van der Waals surface area contributed by atoms with Crippen molar-refractivity contribution in [3.63, 3.8) is 0 Å². The van der Waals surface area contributed by atoms with Gasteiger partial charge in [-0.3, -0.25) is 0 Å². The molecule has 0 aromatic carbocycles. The molecule has 1 aliphatic rings. The molecule has 1 aliphatic heterocycles. The van der Waals surface area contributed by atoms with Crippen molar-refractivity contribution in [3.05, 3.63) is 0 Å². The Kier molecular flexibility index (Phi) is 5.73. The van der Waals surface area contributed by atoms with Crippen molar-refractivity contribution in [3.8, 4) is 0 Å². The van der Waals surface area contributed by atoms with Gasteiger partial charge in [0.2, 0.25) is 0 Å². The highest BCUT2D eigenvalue weighted by Gasteiger charge is 2.30. The largest absolute Gasteiger partial charge is 0.380 e. The Hall–Kier alpha value is -0.120. The number of nitrogens with one attached hydrogen (secondary N) is 2. The lowest BCUT2D eigenvalue weighted by Crippen LogP contribution is -2.44. The second-order valence-corrected chi connectivity index (χ2v) is 5.71. The fraction of sp³-hybridized carbons (Fsp3) is 1.00. The van der Waals surface area contributed by atoms with Gasteiger partial charge in [-0.25, -0.2) is 0 Å². The fourth-order valence-corrected chi connectivity index (χ4v) is 2.34. The van der Waals surface area contributed by atoms with Crippen molar-refractivity contribution in [2.24, 2.45) is 11.3 Å². The number of ether oxygens (including phenoxy) is 1. The minimum absolute atomic E-state index is 0.306. The van der Waals surface area contributed by atoms with E-state index < -0.39 is 0 Å². The smallest absolute Gasteiger partial charge is 0.0667 e. The molecule has 0 aromatic heterocycles. The molecule has 1 rings (SSSR count). The first kappa shape index (κ1) is 13.9. The van der Waals surface area contributed by atoms with E-state index in [1.807, 2.05) is 0 Å². The average Bonchev–Trinajstić information content (AvgIpc) is 2.30. The van der Waals surface area contributed by atoms with E-state index in [-0.39, 0.29) is 0 Å². The molecule has 2 atom stereocenters. The van der Waals surface area contributed by atoms with Crippen LogP contribution in [0.25, 0.3) is 0 Å². The van der Waals surface area contributed by atoms with E-state index in [9.17, 15) is 0 Å². The molecule has 96 valence electrons. The third-order valence-electron chi connectivity index (χ3n) is 3.82. The monoisotopic (exact) mass is 228 g/mol. The summed E-state index contributed by atoms with van der Waals surface area (Å²) in [4.78, 5) is 0. The van der Waals surface area contributed by atoms with Crippen LogP contribution in [-0.2, 0) is 4.74 Å². The summed E-state index contributed by atoms with van der Waals surface area (Å²) in [5.74, 6) is 0.798. The molecule has 0 bridgehead atoms. The van der Waals surface area contributed by atoms with Crippen LogP contribution in [0, 0.1) is 11.3 Å². The predicted octanol–water partition coefficient (Wildman–Crippen LogP) is 1.64. The maximum absolute atomic E-state index is 5.24. The Morgan fingerprint density at radius 2 is 2.25 bits per heavy atom. The van der Waals surface area contributed by atoms with Gasteiger partial charge in [-0.15, -0.1) is 0 Å². The molecular formula is C13H28N2O. The van der Waals surface area contributed by atoms with Crippen molar-refractivity contribution in [1.82, 2.24) is 10.6 Å². The zero-order chi connectivity index (χ0) is 12.0. The number of methoxy groups -OCH3 is 1. The number of piperidine rings is 1. The zero-order valence-corrected chi connectivity index (χ0v) is 11.3. The molecule has 3 heteroatoms. The number of hydrogen-bond acceptors (Lipinski definition) is 3. The summed E-state index contributed by atoms with van der Waals surface area (Å²) >= 11 is 0. The van der Waals surface area contributed by atoms with E-state index in [1.54, 1.807) is 7.11 Å². The van der Waals surface area contributed by atoms with Crippen molar-refractivity contribution in [2.75, 3.05) is 33.3 Å². The van der Waals surface area contributed by atoms with Crippen LogP contribution in [0.4, 0.5) is 0 Å². The van der Waals surface area contributed by atoms with Crippen molar-refractivity contribution in [2.45, 2.75) is 39.7 Å². The highest BCUT2D eigenvalue weighted by Crippen LogP contribution is 2.30.